The summed E-state index contributed by atoms with van der Waals surface area (Å²) in [5.41, 5.74) is 2.61. The molecule has 3 rings (SSSR count). The standard InChI is InChI=1S/C20H23NO3/c1-2-15-6-3-4-8-19(15)21-20(22)16-9-11-17(12-10-16)24-14-18-7-5-13-23-18/h3-4,6,8-12,18H,2,5,7,13-14H2,1H3,(H,21,22)/t18-/m0/s1. The number of hydrogen-bond acceptors (Lipinski definition) is 3. The molecule has 0 saturated carbocycles. The molecule has 0 aromatic heterocycles. The van der Waals surface area contributed by atoms with E-state index in [1.807, 2.05) is 36.4 Å². The van der Waals surface area contributed by atoms with Gasteiger partial charge in [-0.3, -0.25) is 4.79 Å². The molecule has 0 bridgehead atoms. The molecule has 126 valence electrons. The first-order valence-electron chi connectivity index (χ1n) is 8.50. The van der Waals surface area contributed by atoms with Gasteiger partial charge in [-0.1, -0.05) is 25.1 Å². The number of carbonyl (C=O) groups is 1. The van der Waals surface area contributed by atoms with Gasteiger partial charge in [0.1, 0.15) is 12.4 Å². The zero-order valence-electron chi connectivity index (χ0n) is 14.0. The van der Waals surface area contributed by atoms with Crippen LogP contribution in [0.4, 0.5) is 5.69 Å². The predicted molar refractivity (Wildman–Crippen MR) is 94.7 cm³/mol. The summed E-state index contributed by atoms with van der Waals surface area (Å²) in [6.45, 7) is 3.47. The number of nitrogens with one attached hydrogen (secondary N) is 1. The van der Waals surface area contributed by atoms with Crippen LogP contribution in [0.5, 0.6) is 5.75 Å². The van der Waals surface area contributed by atoms with Crippen molar-refractivity contribution in [3.8, 4) is 5.75 Å². The van der Waals surface area contributed by atoms with Gasteiger partial charge in [0.2, 0.25) is 0 Å². The van der Waals surface area contributed by atoms with Crippen molar-refractivity contribution in [2.75, 3.05) is 18.5 Å². The Kier molecular flexibility index (Phi) is 5.49. The van der Waals surface area contributed by atoms with E-state index in [0.717, 1.165) is 42.9 Å². The van der Waals surface area contributed by atoms with E-state index in [1.54, 1.807) is 12.1 Å². The van der Waals surface area contributed by atoms with Crippen molar-refractivity contribution >= 4 is 11.6 Å². The van der Waals surface area contributed by atoms with Crippen molar-refractivity contribution in [1.82, 2.24) is 0 Å². The SMILES string of the molecule is CCc1ccccc1NC(=O)c1ccc(OC[C@@H]2CCCO2)cc1. The largest absolute Gasteiger partial charge is 0.491 e. The van der Waals surface area contributed by atoms with Crippen LogP contribution in [0.3, 0.4) is 0 Å². The van der Waals surface area contributed by atoms with Gasteiger partial charge in [-0.2, -0.15) is 0 Å². The summed E-state index contributed by atoms with van der Waals surface area (Å²) < 4.78 is 11.3. The molecule has 0 spiro atoms. The Bertz CT molecular complexity index is 676. The van der Waals surface area contributed by atoms with Crippen LogP contribution >= 0.6 is 0 Å². The van der Waals surface area contributed by atoms with Crippen molar-refractivity contribution in [1.29, 1.82) is 0 Å². The van der Waals surface area contributed by atoms with Gasteiger partial charge >= 0.3 is 0 Å². The molecule has 24 heavy (non-hydrogen) atoms. The van der Waals surface area contributed by atoms with Crippen molar-refractivity contribution in [2.45, 2.75) is 32.3 Å². The average Bonchev–Trinajstić information content (AvgIpc) is 3.14. The minimum absolute atomic E-state index is 0.110. The summed E-state index contributed by atoms with van der Waals surface area (Å²) in [6, 6.07) is 15.1. The minimum atomic E-state index is -0.110. The molecule has 1 amide bonds. The second-order valence-corrected chi connectivity index (χ2v) is 5.94. The Morgan fingerprint density at radius 3 is 2.71 bits per heavy atom. The Labute approximate surface area is 142 Å². The van der Waals surface area contributed by atoms with Crippen LogP contribution < -0.4 is 10.1 Å². The summed E-state index contributed by atoms with van der Waals surface area (Å²) in [5, 5.41) is 2.97. The van der Waals surface area contributed by atoms with Crippen LogP contribution in [0.25, 0.3) is 0 Å². The second kappa shape index (κ2) is 7.97. The lowest BCUT2D eigenvalue weighted by Crippen LogP contribution is -2.16. The number of ether oxygens (including phenoxy) is 2. The van der Waals surface area contributed by atoms with E-state index in [1.165, 1.54) is 0 Å². The summed E-state index contributed by atoms with van der Waals surface area (Å²) in [5.74, 6) is 0.651. The maximum absolute atomic E-state index is 12.4. The maximum atomic E-state index is 12.4. The van der Waals surface area contributed by atoms with Crippen molar-refractivity contribution in [3.63, 3.8) is 0 Å². The van der Waals surface area contributed by atoms with Gasteiger partial charge < -0.3 is 14.8 Å². The van der Waals surface area contributed by atoms with Crippen LogP contribution in [-0.2, 0) is 11.2 Å². The van der Waals surface area contributed by atoms with Gasteiger partial charge in [0.15, 0.2) is 0 Å². The summed E-state index contributed by atoms with van der Waals surface area (Å²) in [6.07, 6.45) is 3.23. The van der Waals surface area contributed by atoms with Gasteiger partial charge in [0.05, 0.1) is 6.10 Å². The van der Waals surface area contributed by atoms with Crippen molar-refractivity contribution < 1.29 is 14.3 Å². The highest BCUT2D eigenvalue weighted by Gasteiger charge is 2.16. The molecule has 1 aliphatic heterocycles. The van der Waals surface area contributed by atoms with Gasteiger partial charge in [0.25, 0.3) is 5.91 Å². The number of para-hydroxylation sites is 1. The molecule has 4 heteroatoms. The van der Waals surface area contributed by atoms with Crippen LogP contribution in [0.1, 0.15) is 35.7 Å². The third-order valence-corrected chi connectivity index (χ3v) is 4.22. The summed E-state index contributed by atoms with van der Waals surface area (Å²) >= 11 is 0. The highest BCUT2D eigenvalue weighted by molar-refractivity contribution is 6.04. The van der Waals surface area contributed by atoms with Gasteiger partial charge in [0, 0.05) is 17.9 Å². The highest BCUT2D eigenvalue weighted by Crippen LogP contribution is 2.19. The average molecular weight is 325 g/mol. The molecular formula is C20H23NO3. The smallest absolute Gasteiger partial charge is 0.255 e. The fourth-order valence-electron chi connectivity index (χ4n) is 2.81. The molecule has 0 radical (unpaired) electrons. The molecule has 2 aromatic carbocycles. The zero-order chi connectivity index (χ0) is 16.8. The molecule has 0 unspecified atom stereocenters. The van der Waals surface area contributed by atoms with E-state index in [9.17, 15) is 4.79 Å². The number of carbonyl (C=O) groups excluding carboxylic acids is 1. The van der Waals surface area contributed by atoms with Gasteiger partial charge in [-0.15, -0.1) is 0 Å². The van der Waals surface area contributed by atoms with E-state index in [4.69, 9.17) is 9.47 Å². The number of benzene rings is 2. The number of aryl methyl sites for hydroxylation is 1. The van der Waals surface area contributed by atoms with Crippen LogP contribution in [-0.4, -0.2) is 25.2 Å². The molecule has 1 N–H and O–H groups in total. The Morgan fingerprint density at radius 1 is 1.21 bits per heavy atom. The van der Waals surface area contributed by atoms with E-state index in [2.05, 4.69) is 12.2 Å². The fourth-order valence-corrected chi connectivity index (χ4v) is 2.81. The van der Waals surface area contributed by atoms with Crippen LogP contribution in [0.2, 0.25) is 0 Å². The third-order valence-electron chi connectivity index (χ3n) is 4.22. The summed E-state index contributed by atoms with van der Waals surface area (Å²) in [7, 11) is 0. The first-order chi connectivity index (χ1) is 11.8. The first kappa shape index (κ1) is 16.5. The van der Waals surface area contributed by atoms with Crippen LogP contribution in [0.15, 0.2) is 48.5 Å². The van der Waals surface area contributed by atoms with E-state index in [-0.39, 0.29) is 12.0 Å². The molecule has 4 nitrogen and oxygen atoms in total. The topological polar surface area (TPSA) is 47.6 Å². The summed E-state index contributed by atoms with van der Waals surface area (Å²) in [4.78, 5) is 12.4. The molecule has 1 aliphatic rings. The lowest BCUT2D eigenvalue weighted by atomic mass is 10.1. The highest BCUT2D eigenvalue weighted by atomic mass is 16.5. The predicted octanol–water partition coefficient (Wildman–Crippen LogP) is 4.06. The lowest BCUT2D eigenvalue weighted by Gasteiger charge is -2.12. The van der Waals surface area contributed by atoms with E-state index in [0.29, 0.717) is 12.2 Å². The lowest BCUT2D eigenvalue weighted by molar-refractivity contribution is 0.0679. The third kappa shape index (κ3) is 4.15. The fraction of sp³-hybridized carbons (Fsp3) is 0.350. The monoisotopic (exact) mass is 325 g/mol. The molecule has 1 fully saturated rings. The Morgan fingerprint density at radius 2 is 2.00 bits per heavy atom. The van der Waals surface area contributed by atoms with Crippen LogP contribution in [0, 0.1) is 0 Å². The van der Waals surface area contributed by atoms with E-state index < -0.39 is 0 Å². The molecule has 1 saturated heterocycles. The number of anilines is 1. The second-order valence-electron chi connectivity index (χ2n) is 5.94. The van der Waals surface area contributed by atoms with Crippen molar-refractivity contribution in [2.24, 2.45) is 0 Å². The minimum Gasteiger partial charge on any atom is -0.491 e. The Balaban J connectivity index is 1.59. The number of rotatable bonds is 6. The first-order valence-corrected chi connectivity index (χ1v) is 8.50. The zero-order valence-corrected chi connectivity index (χ0v) is 14.0. The quantitative estimate of drug-likeness (QED) is 0.871. The van der Waals surface area contributed by atoms with Gasteiger partial charge in [-0.25, -0.2) is 0 Å². The molecule has 1 atom stereocenters. The molecule has 2 aromatic rings. The molecule has 1 heterocycles. The Hall–Kier alpha value is -2.33. The van der Waals surface area contributed by atoms with E-state index >= 15 is 0 Å². The maximum Gasteiger partial charge on any atom is 0.255 e. The normalized spacial score (nSPS) is 16.8. The molecule has 0 aliphatic carbocycles. The van der Waals surface area contributed by atoms with Crippen molar-refractivity contribution in [3.05, 3.63) is 59.7 Å². The number of amides is 1. The molecular weight excluding hydrogens is 302 g/mol. The van der Waals surface area contributed by atoms with Gasteiger partial charge in [-0.05, 0) is 55.2 Å². The number of hydrogen-bond donors (Lipinski definition) is 1.